The first-order valence-electron chi connectivity index (χ1n) is 9.67. The number of aromatic nitrogens is 4. The van der Waals surface area contributed by atoms with Crippen molar-refractivity contribution < 1.29 is 9.59 Å². The van der Waals surface area contributed by atoms with Gasteiger partial charge < -0.3 is 9.47 Å². The monoisotopic (exact) mass is 371 g/mol. The topological polar surface area (TPSA) is 73.0 Å². The van der Waals surface area contributed by atoms with E-state index in [-0.39, 0.29) is 17.7 Å². The lowest BCUT2D eigenvalue weighted by Gasteiger charge is -2.33. The summed E-state index contributed by atoms with van der Waals surface area (Å²) in [6.07, 6.45) is 8.09. The van der Waals surface area contributed by atoms with E-state index in [1.807, 2.05) is 42.9 Å². The summed E-state index contributed by atoms with van der Waals surface area (Å²) in [4.78, 5) is 30.6. The van der Waals surface area contributed by atoms with Crippen LogP contribution < -0.4 is 0 Å². The Kier molecular flexibility index (Phi) is 5.77. The Morgan fingerprint density at radius 1 is 1.26 bits per heavy atom. The van der Waals surface area contributed by atoms with Gasteiger partial charge in [-0.25, -0.2) is 4.98 Å². The fraction of sp³-hybridized carbons (Fsp3) is 0.600. The van der Waals surface area contributed by atoms with Crippen molar-refractivity contribution in [2.75, 3.05) is 13.1 Å². The number of nitrogens with zero attached hydrogens (tertiary/aromatic N) is 5. The minimum Gasteiger partial charge on any atom is -0.343 e. The minimum absolute atomic E-state index is 0.0229. The number of hydrogen-bond donors (Lipinski definition) is 0. The maximum atomic E-state index is 12.7. The molecule has 1 aliphatic heterocycles. The summed E-state index contributed by atoms with van der Waals surface area (Å²) >= 11 is 0. The van der Waals surface area contributed by atoms with Crippen LogP contribution in [0.2, 0.25) is 0 Å². The van der Waals surface area contributed by atoms with Crippen LogP contribution in [-0.2, 0) is 11.3 Å². The van der Waals surface area contributed by atoms with E-state index in [0.717, 1.165) is 43.9 Å². The van der Waals surface area contributed by atoms with Crippen molar-refractivity contribution in [1.29, 1.82) is 0 Å². The van der Waals surface area contributed by atoms with Crippen molar-refractivity contribution in [2.24, 2.45) is 5.92 Å². The molecule has 146 valence electrons. The third kappa shape index (κ3) is 4.28. The smallest absolute Gasteiger partial charge is 0.224 e. The Morgan fingerprint density at radius 3 is 2.52 bits per heavy atom. The number of carbonyl (C=O) groups excluding carboxylic acids is 2. The van der Waals surface area contributed by atoms with Gasteiger partial charge in [0, 0.05) is 44.1 Å². The number of carbonyl (C=O) groups is 2. The summed E-state index contributed by atoms with van der Waals surface area (Å²) < 4.78 is 3.94. The van der Waals surface area contributed by atoms with Crippen molar-refractivity contribution >= 4 is 11.7 Å². The normalized spacial score (nSPS) is 16.5. The van der Waals surface area contributed by atoms with Crippen molar-refractivity contribution in [1.82, 2.24) is 24.2 Å². The predicted octanol–water partition coefficient (Wildman–Crippen LogP) is 2.79. The van der Waals surface area contributed by atoms with Crippen LogP contribution in [0, 0.1) is 19.8 Å². The molecule has 3 heterocycles. The molecule has 2 aromatic heterocycles. The molecule has 2 aromatic rings. The van der Waals surface area contributed by atoms with E-state index in [9.17, 15) is 9.59 Å². The quantitative estimate of drug-likeness (QED) is 0.732. The Morgan fingerprint density at radius 2 is 1.96 bits per heavy atom. The van der Waals surface area contributed by atoms with Crippen LogP contribution in [-0.4, -0.2) is 49.0 Å². The van der Waals surface area contributed by atoms with Gasteiger partial charge in [-0.15, -0.1) is 0 Å². The molecule has 7 nitrogen and oxygen atoms in total. The van der Waals surface area contributed by atoms with E-state index in [0.29, 0.717) is 17.9 Å². The van der Waals surface area contributed by atoms with Crippen molar-refractivity contribution in [3.05, 3.63) is 35.7 Å². The molecule has 1 amide bonds. The fourth-order valence-corrected chi connectivity index (χ4v) is 4.13. The van der Waals surface area contributed by atoms with Gasteiger partial charge in [0.1, 0.15) is 0 Å². The predicted molar refractivity (Wildman–Crippen MR) is 103 cm³/mol. The van der Waals surface area contributed by atoms with Crippen molar-refractivity contribution in [2.45, 2.75) is 59.5 Å². The van der Waals surface area contributed by atoms with Crippen molar-refractivity contribution in [3.63, 3.8) is 0 Å². The summed E-state index contributed by atoms with van der Waals surface area (Å²) in [6, 6.07) is -0.0621. The molecular weight excluding hydrogens is 342 g/mol. The lowest BCUT2D eigenvalue weighted by Crippen LogP contribution is -2.40. The molecule has 1 atom stereocenters. The molecule has 3 rings (SSSR count). The van der Waals surface area contributed by atoms with Crippen LogP contribution >= 0.6 is 0 Å². The number of rotatable bonds is 6. The van der Waals surface area contributed by atoms with Gasteiger partial charge in [0.25, 0.3) is 0 Å². The maximum Gasteiger partial charge on any atom is 0.224 e. The highest BCUT2D eigenvalue weighted by Crippen LogP contribution is 2.23. The van der Waals surface area contributed by atoms with Crippen LogP contribution in [0.3, 0.4) is 0 Å². The molecule has 0 saturated carbocycles. The largest absolute Gasteiger partial charge is 0.343 e. The zero-order valence-corrected chi connectivity index (χ0v) is 16.7. The number of imidazole rings is 1. The van der Waals surface area contributed by atoms with E-state index >= 15 is 0 Å². The summed E-state index contributed by atoms with van der Waals surface area (Å²) in [5.74, 6) is 0.782. The molecule has 1 aliphatic rings. The van der Waals surface area contributed by atoms with Crippen LogP contribution in [0.5, 0.6) is 0 Å². The van der Waals surface area contributed by atoms with Gasteiger partial charge in [-0.3, -0.25) is 14.3 Å². The highest BCUT2D eigenvalue weighted by atomic mass is 16.2. The number of Topliss-reactive ketones (excluding diaryl/α,β-unsaturated/α-hetero) is 1. The number of amides is 1. The summed E-state index contributed by atoms with van der Waals surface area (Å²) in [6.45, 7) is 9.89. The zero-order chi connectivity index (χ0) is 19.6. The lowest BCUT2D eigenvalue weighted by molar-refractivity contribution is -0.133. The molecule has 0 spiro atoms. The maximum absolute atomic E-state index is 12.7. The van der Waals surface area contributed by atoms with Crippen LogP contribution in [0.25, 0.3) is 0 Å². The second-order valence-corrected chi connectivity index (χ2v) is 7.68. The molecule has 0 aromatic carbocycles. The van der Waals surface area contributed by atoms with Crippen LogP contribution in [0.1, 0.15) is 60.9 Å². The van der Waals surface area contributed by atoms with Gasteiger partial charge in [0.2, 0.25) is 5.91 Å². The van der Waals surface area contributed by atoms with E-state index in [4.69, 9.17) is 0 Å². The molecule has 27 heavy (non-hydrogen) atoms. The Labute approximate surface area is 160 Å². The summed E-state index contributed by atoms with van der Waals surface area (Å²) in [5, 5.41) is 4.50. The minimum atomic E-state index is -0.0621. The molecule has 1 saturated heterocycles. The van der Waals surface area contributed by atoms with E-state index in [1.54, 1.807) is 13.1 Å². The number of aryl methyl sites for hydroxylation is 1. The number of ketones is 1. The van der Waals surface area contributed by atoms with Gasteiger partial charge in [-0.05, 0) is 46.5 Å². The molecule has 7 heteroatoms. The van der Waals surface area contributed by atoms with Gasteiger partial charge >= 0.3 is 0 Å². The van der Waals surface area contributed by atoms with Crippen LogP contribution in [0.15, 0.2) is 18.7 Å². The molecule has 0 radical (unpaired) electrons. The molecular formula is C20H29N5O2. The second kappa shape index (κ2) is 8.06. The Bertz CT molecular complexity index is 801. The fourth-order valence-electron chi connectivity index (χ4n) is 4.13. The first kappa shape index (κ1) is 19.3. The highest BCUT2D eigenvalue weighted by molar-refractivity contribution is 5.96. The Hall–Kier alpha value is -2.44. The summed E-state index contributed by atoms with van der Waals surface area (Å²) in [7, 11) is 0. The summed E-state index contributed by atoms with van der Waals surface area (Å²) in [5.41, 5.74) is 2.26. The molecule has 0 N–H and O–H groups in total. The van der Waals surface area contributed by atoms with Gasteiger partial charge in [-0.2, -0.15) is 5.10 Å². The van der Waals surface area contributed by atoms with Gasteiger partial charge in [-0.1, -0.05) is 0 Å². The number of hydrogen-bond acceptors (Lipinski definition) is 4. The molecule has 0 bridgehead atoms. The molecule has 0 unspecified atom stereocenters. The second-order valence-electron chi connectivity index (χ2n) is 7.68. The lowest BCUT2D eigenvalue weighted by atomic mass is 9.96. The number of likely N-dealkylation sites (tertiary alicyclic amines) is 1. The van der Waals surface area contributed by atoms with E-state index < -0.39 is 0 Å². The first-order valence-corrected chi connectivity index (χ1v) is 9.67. The molecule has 1 fully saturated rings. The average molecular weight is 371 g/mol. The van der Waals surface area contributed by atoms with E-state index in [2.05, 4.69) is 14.6 Å². The van der Waals surface area contributed by atoms with E-state index in [1.165, 1.54) is 0 Å². The third-order valence-electron chi connectivity index (χ3n) is 5.56. The van der Waals surface area contributed by atoms with Crippen molar-refractivity contribution in [3.8, 4) is 0 Å². The van der Waals surface area contributed by atoms with Crippen LogP contribution in [0.4, 0.5) is 0 Å². The zero-order valence-electron chi connectivity index (χ0n) is 16.7. The SMILES string of the molecule is CC(=O)c1c(C)nn([C@H](C)CC(=O)N2CCC(Cn3ccnc3)CC2)c1C. The molecule has 0 aliphatic carbocycles. The Balaban J connectivity index is 1.55. The first-order chi connectivity index (χ1) is 12.9. The average Bonchev–Trinajstić information content (AvgIpc) is 3.22. The standard InChI is InChI=1S/C20H29N5O2/c1-14(25-16(3)20(17(4)26)15(2)22-25)11-19(27)24-8-5-18(6-9-24)12-23-10-7-21-13-23/h7,10,13-14,18H,5-6,8-9,11-12H2,1-4H3/t14-/m1/s1. The third-order valence-corrected chi connectivity index (χ3v) is 5.56. The van der Waals surface area contributed by atoms with Gasteiger partial charge in [0.05, 0.1) is 23.6 Å². The number of piperidine rings is 1. The van der Waals surface area contributed by atoms with Gasteiger partial charge in [0.15, 0.2) is 5.78 Å². The highest BCUT2D eigenvalue weighted by Gasteiger charge is 2.26.